The highest BCUT2D eigenvalue weighted by atomic mass is 16.5. The van der Waals surface area contributed by atoms with E-state index in [4.69, 9.17) is 4.74 Å². The lowest BCUT2D eigenvalue weighted by atomic mass is 10.2. The molecule has 3 aromatic rings. The number of carbonyl (C=O) groups is 3. The van der Waals surface area contributed by atoms with Crippen molar-refractivity contribution < 1.29 is 19.1 Å². The average molecular weight is 459 g/mol. The smallest absolute Gasteiger partial charge is 0.329 e. The van der Waals surface area contributed by atoms with Gasteiger partial charge >= 0.3 is 6.03 Å². The van der Waals surface area contributed by atoms with Gasteiger partial charge in [-0.15, -0.1) is 0 Å². The van der Waals surface area contributed by atoms with Gasteiger partial charge in [0, 0.05) is 22.8 Å². The van der Waals surface area contributed by atoms with Crippen LogP contribution in [0.4, 0.5) is 10.5 Å². The summed E-state index contributed by atoms with van der Waals surface area (Å²) in [7, 11) is 1.62. The summed E-state index contributed by atoms with van der Waals surface area (Å²) in [6.07, 6.45) is 1.64. The summed E-state index contributed by atoms with van der Waals surface area (Å²) in [6.45, 7) is 5.48. The minimum absolute atomic E-state index is 0.128. The van der Waals surface area contributed by atoms with Crippen molar-refractivity contribution in [3.63, 3.8) is 0 Å². The van der Waals surface area contributed by atoms with Crippen molar-refractivity contribution in [1.82, 2.24) is 14.8 Å². The third-order valence-corrected chi connectivity index (χ3v) is 5.70. The number of imide groups is 1. The number of carbonyl (C=O) groups excluding carboxylic acids is 3. The summed E-state index contributed by atoms with van der Waals surface area (Å²) in [5.74, 6) is -0.232. The normalized spacial score (nSPS) is 14.5. The van der Waals surface area contributed by atoms with E-state index in [1.165, 1.54) is 0 Å². The number of anilines is 1. The standard InChI is InChI=1S/C26H26N4O4/c1-16-5-7-20(8-6-16)27-24(31)15-29-25(32)23(28-26(29)33)14-19-13-17(2)30(18(19)3)21-9-11-22(34-4)12-10-21/h5-14H,15H2,1-4H3,(H,27,31)(H,28,33)/b23-14+. The van der Waals surface area contributed by atoms with Gasteiger partial charge in [0.05, 0.1) is 7.11 Å². The Morgan fingerprint density at radius 2 is 1.71 bits per heavy atom. The fraction of sp³-hybridized carbons (Fsp3) is 0.192. The van der Waals surface area contributed by atoms with Gasteiger partial charge in [-0.2, -0.15) is 0 Å². The molecule has 0 aliphatic carbocycles. The number of hydrogen-bond acceptors (Lipinski definition) is 4. The second-order valence-electron chi connectivity index (χ2n) is 8.15. The molecule has 174 valence electrons. The van der Waals surface area contributed by atoms with Crippen molar-refractivity contribution in [3.8, 4) is 11.4 Å². The van der Waals surface area contributed by atoms with Crippen LogP contribution < -0.4 is 15.4 Å². The Morgan fingerprint density at radius 3 is 2.35 bits per heavy atom. The molecule has 1 fully saturated rings. The number of aryl methyl sites for hydroxylation is 2. The van der Waals surface area contributed by atoms with Crippen molar-refractivity contribution in [1.29, 1.82) is 0 Å². The number of ether oxygens (including phenoxy) is 1. The molecule has 0 atom stereocenters. The monoisotopic (exact) mass is 458 g/mol. The maximum Gasteiger partial charge on any atom is 0.329 e. The summed E-state index contributed by atoms with van der Waals surface area (Å²) in [6, 6.07) is 16.3. The Hall–Kier alpha value is -4.33. The van der Waals surface area contributed by atoms with Crippen LogP contribution in [0.2, 0.25) is 0 Å². The van der Waals surface area contributed by atoms with Crippen molar-refractivity contribution in [3.05, 3.63) is 82.8 Å². The number of aromatic nitrogens is 1. The van der Waals surface area contributed by atoms with Crippen LogP contribution in [0.3, 0.4) is 0 Å². The van der Waals surface area contributed by atoms with Crippen molar-refractivity contribution >= 4 is 29.6 Å². The minimum atomic E-state index is -0.626. The predicted molar refractivity (Wildman–Crippen MR) is 130 cm³/mol. The zero-order chi connectivity index (χ0) is 24.4. The van der Waals surface area contributed by atoms with Crippen LogP contribution in [-0.4, -0.2) is 41.0 Å². The average Bonchev–Trinajstić information content (AvgIpc) is 3.24. The molecule has 8 nitrogen and oxygen atoms in total. The summed E-state index contributed by atoms with van der Waals surface area (Å²) >= 11 is 0. The Kier molecular flexibility index (Phi) is 6.23. The summed E-state index contributed by atoms with van der Waals surface area (Å²) in [5, 5.41) is 5.29. The van der Waals surface area contributed by atoms with Gasteiger partial charge in [0.1, 0.15) is 18.0 Å². The highest BCUT2D eigenvalue weighted by molar-refractivity contribution is 6.16. The lowest BCUT2D eigenvalue weighted by Gasteiger charge is -2.12. The van der Waals surface area contributed by atoms with Gasteiger partial charge in [0.25, 0.3) is 5.91 Å². The Bertz CT molecular complexity index is 1290. The molecule has 0 bridgehead atoms. The van der Waals surface area contributed by atoms with E-state index in [0.29, 0.717) is 5.69 Å². The van der Waals surface area contributed by atoms with Gasteiger partial charge in [-0.3, -0.25) is 9.59 Å². The Labute approximate surface area is 197 Å². The van der Waals surface area contributed by atoms with Gasteiger partial charge < -0.3 is 19.9 Å². The number of nitrogens with zero attached hydrogens (tertiary/aromatic N) is 2. The van der Waals surface area contributed by atoms with Gasteiger partial charge in [0.2, 0.25) is 5.91 Å². The largest absolute Gasteiger partial charge is 0.497 e. The van der Waals surface area contributed by atoms with Crippen molar-refractivity contribution in [2.45, 2.75) is 20.8 Å². The zero-order valence-electron chi connectivity index (χ0n) is 19.5. The highest BCUT2D eigenvalue weighted by Crippen LogP contribution is 2.25. The molecular formula is C26H26N4O4. The molecule has 2 aromatic carbocycles. The first-order valence-corrected chi connectivity index (χ1v) is 10.8. The van der Waals surface area contributed by atoms with Gasteiger partial charge in [-0.1, -0.05) is 17.7 Å². The first-order chi connectivity index (χ1) is 16.3. The van der Waals surface area contributed by atoms with Crippen LogP contribution >= 0.6 is 0 Å². The van der Waals surface area contributed by atoms with Crippen molar-refractivity contribution in [2.75, 3.05) is 19.0 Å². The number of amides is 4. The van der Waals surface area contributed by atoms with E-state index in [2.05, 4.69) is 15.2 Å². The zero-order valence-corrected chi connectivity index (χ0v) is 19.5. The molecule has 4 amide bonds. The van der Waals surface area contributed by atoms with Crippen LogP contribution in [0.15, 0.2) is 60.3 Å². The molecule has 0 radical (unpaired) electrons. The first-order valence-electron chi connectivity index (χ1n) is 10.8. The maximum atomic E-state index is 12.9. The molecule has 1 aliphatic rings. The second-order valence-corrected chi connectivity index (χ2v) is 8.15. The van der Waals surface area contributed by atoms with Crippen LogP contribution in [0.1, 0.15) is 22.5 Å². The Balaban J connectivity index is 1.51. The summed E-state index contributed by atoms with van der Waals surface area (Å²) < 4.78 is 7.28. The van der Waals surface area contributed by atoms with Crippen molar-refractivity contribution in [2.24, 2.45) is 0 Å². The van der Waals surface area contributed by atoms with E-state index in [0.717, 1.165) is 38.9 Å². The van der Waals surface area contributed by atoms with E-state index >= 15 is 0 Å². The number of urea groups is 1. The Morgan fingerprint density at radius 1 is 1.03 bits per heavy atom. The van der Waals surface area contributed by atoms with Crippen LogP contribution in [0.25, 0.3) is 11.8 Å². The van der Waals surface area contributed by atoms with E-state index in [1.54, 1.807) is 25.3 Å². The first kappa shape index (κ1) is 22.8. The number of nitrogens with one attached hydrogen (secondary N) is 2. The van der Waals surface area contributed by atoms with E-state index in [1.807, 2.05) is 63.2 Å². The molecule has 0 unspecified atom stereocenters. The molecule has 0 spiro atoms. The maximum absolute atomic E-state index is 12.9. The van der Waals surface area contributed by atoms with Gasteiger partial charge in [0.15, 0.2) is 0 Å². The fourth-order valence-electron chi connectivity index (χ4n) is 3.91. The molecule has 2 heterocycles. The lowest BCUT2D eigenvalue weighted by Crippen LogP contribution is -2.38. The highest BCUT2D eigenvalue weighted by Gasteiger charge is 2.35. The minimum Gasteiger partial charge on any atom is -0.497 e. The van der Waals surface area contributed by atoms with E-state index in [9.17, 15) is 14.4 Å². The number of methoxy groups -OCH3 is 1. The third kappa shape index (κ3) is 4.56. The number of rotatable bonds is 6. The molecule has 1 aliphatic heterocycles. The van der Waals surface area contributed by atoms with Crippen LogP contribution in [-0.2, 0) is 9.59 Å². The van der Waals surface area contributed by atoms with Gasteiger partial charge in [-0.05, 0) is 74.9 Å². The van der Waals surface area contributed by atoms with E-state index < -0.39 is 17.8 Å². The van der Waals surface area contributed by atoms with Crippen LogP contribution in [0.5, 0.6) is 5.75 Å². The predicted octanol–water partition coefficient (Wildman–Crippen LogP) is 3.94. The van der Waals surface area contributed by atoms with E-state index in [-0.39, 0.29) is 12.2 Å². The quantitative estimate of drug-likeness (QED) is 0.432. The SMILES string of the molecule is COc1ccc(-n2c(C)cc(/C=C3/NC(=O)N(CC(=O)Nc4ccc(C)cc4)C3=O)c2C)cc1. The summed E-state index contributed by atoms with van der Waals surface area (Å²) in [4.78, 5) is 38.6. The van der Waals surface area contributed by atoms with Crippen LogP contribution in [0, 0.1) is 20.8 Å². The molecule has 0 saturated carbocycles. The fourth-order valence-corrected chi connectivity index (χ4v) is 3.91. The summed E-state index contributed by atoms with van der Waals surface area (Å²) in [5.41, 5.74) is 5.42. The molecule has 4 rings (SSSR count). The number of benzene rings is 2. The molecule has 8 heteroatoms. The second kappa shape index (κ2) is 9.27. The third-order valence-electron chi connectivity index (χ3n) is 5.70. The molecule has 1 aromatic heterocycles. The lowest BCUT2D eigenvalue weighted by molar-refractivity contribution is -0.127. The number of hydrogen-bond donors (Lipinski definition) is 2. The van der Waals surface area contributed by atoms with Gasteiger partial charge in [-0.25, -0.2) is 9.69 Å². The molecule has 34 heavy (non-hydrogen) atoms. The molecule has 2 N–H and O–H groups in total. The molecular weight excluding hydrogens is 432 g/mol. The molecule has 1 saturated heterocycles. The topological polar surface area (TPSA) is 92.7 Å².